The van der Waals surface area contributed by atoms with E-state index in [1.54, 1.807) is 18.4 Å². The van der Waals surface area contributed by atoms with E-state index in [-0.39, 0.29) is 11.8 Å². The molecule has 0 aliphatic rings. The zero-order chi connectivity index (χ0) is 16.1. The molecule has 2 aromatic rings. The Hall–Kier alpha value is -2.01. The van der Waals surface area contributed by atoms with Gasteiger partial charge in [0.2, 0.25) is 0 Å². The molecule has 0 heterocycles. The number of benzene rings is 2. The highest BCUT2D eigenvalue weighted by Gasteiger charge is 2.12. The van der Waals surface area contributed by atoms with E-state index in [4.69, 9.17) is 4.74 Å². The van der Waals surface area contributed by atoms with Crippen LogP contribution in [-0.2, 0) is 6.61 Å². The number of amides is 1. The zero-order valence-corrected chi connectivity index (χ0v) is 13.6. The van der Waals surface area contributed by atoms with Gasteiger partial charge in [-0.3, -0.25) is 4.79 Å². The van der Waals surface area contributed by atoms with E-state index in [2.05, 4.69) is 5.32 Å². The number of nitrogens with one attached hydrogen (secondary N) is 1. The van der Waals surface area contributed by atoms with Crippen molar-refractivity contribution in [2.45, 2.75) is 20.5 Å². The van der Waals surface area contributed by atoms with Gasteiger partial charge in [0.15, 0.2) is 0 Å². The number of ether oxygens (including phenoxy) is 1. The third-order valence-electron chi connectivity index (χ3n) is 3.24. The predicted molar refractivity (Wildman–Crippen MR) is 89.2 cm³/mol. The minimum atomic E-state index is -0.399. The lowest BCUT2D eigenvalue weighted by Crippen LogP contribution is -2.10. The molecule has 0 saturated heterocycles. The highest BCUT2D eigenvalue weighted by atomic mass is 32.2. The number of hydrogen-bond donors (Lipinski definition) is 1. The summed E-state index contributed by atoms with van der Waals surface area (Å²) < 4.78 is 19.8. The van der Waals surface area contributed by atoms with Crippen molar-refractivity contribution < 1.29 is 13.9 Å². The van der Waals surface area contributed by atoms with Gasteiger partial charge in [0.25, 0.3) is 5.24 Å². The van der Waals surface area contributed by atoms with Crippen LogP contribution in [0.2, 0.25) is 0 Å². The second-order valence-electron chi connectivity index (χ2n) is 4.94. The fourth-order valence-electron chi connectivity index (χ4n) is 2.09. The number of aryl methyl sites for hydroxylation is 2. The minimum absolute atomic E-state index is 0.0561. The molecule has 2 aromatic carbocycles. The molecule has 22 heavy (non-hydrogen) atoms. The highest BCUT2D eigenvalue weighted by Crippen LogP contribution is 2.24. The van der Waals surface area contributed by atoms with E-state index in [1.165, 1.54) is 6.07 Å². The van der Waals surface area contributed by atoms with E-state index in [9.17, 15) is 9.18 Å². The molecule has 2 rings (SSSR count). The maximum Gasteiger partial charge on any atom is 0.283 e. The van der Waals surface area contributed by atoms with Crippen LogP contribution in [0.3, 0.4) is 0 Å². The van der Waals surface area contributed by atoms with Crippen LogP contribution in [0.4, 0.5) is 14.9 Å². The quantitative estimate of drug-likeness (QED) is 0.869. The first-order valence-electron chi connectivity index (χ1n) is 6.83. The van der Waals surface area contributed by atoms with Gasteiger partial charge in [-0.1, -0.05) is 35.5 Å². The topological polar surface area (TPSA) is 38.3 Å². The molecule has 1 amide bonds. The first-order chi connectivity index (χ1) is 10.5. The Morgan fingerprint density at radius 3 is 2.73 bits per heavy atom. The minimum Gasteiger partial charge on any atom is -0.488 e. The molecule has 0 radical (unpaired) electrons. The second-order valence-corrected chi connectivity index (χ2v) is 5.72. The van der Waals surface area contributed by atoms with E-state index in [0.717, 1.165) is 22.9 Å². The average Bonchev–Trinajstić information content (AvgIpc) is 2.48. The van der Waals surface area contributed by atoms with Gasteiger partial charge in [0.05, 0.1) is 5.69 Å². The van der Waals surface area contributed by atoms with Crippen LogP contribution in [0.15, 0.2) is 36.4 Å². The number of rotatable bonds is 4. The molecular weight excluding hydrogens is 301 g/mol. The third kappa shape index (κ3) is 4.01. The Kier molecular flexibility index (Phi) is 5.44. The van der Waals surface area contributed by atoms with Gasteiger partial charge >= 0.3 is 0 Å². The lowest BCUT2D eigenvalue weighted by molar-refractivity contribution is 0.269. The van der Waals surface area contributed by atoms with Crippen molar-refractivity contribution in [1.29, 1.82) is 0 Å². The molecule has 0 saturated carbocycles. The summed E-state index contributed by atoms with van der Waals surface area (Å²) in [7, 11) is 0. The normalized spacial score (nSPS) is 10.4. The zero-order valence-electron chi connectivity index (χ0n) is 12.8. The Balaban J connectivity index is 2.19. The Bertz CT molecular complexity index is 688. The van der Waals surface area contributed by atoms with Gasteiger partial charge in [-0.2, -0.15) is 0 Å². The first-order valence-corrected chi connectivity index (χ1v) is 8.06. The summed E-state index contributed by atoms with van der Waals surface area (Å²) in [5.74, 6) is 0.305. The number of halogens is 1. The maximum absolute atomic E-state index is 14.0. The number of anilines is 1. The Morgan fingerprint density at radius 2 is 2.05 bits per heavy atom. The monoisotopic (exact) mass is 319 g/mol. The van der Waals surface area contributed by atoms with Gasteiger partial charge in [-0.25, -0.2) is 4.39 Å². The molecule has 3 nitrogen and oxygen atoms in total. The van der Waals surface area contributed by atoms with Gasteiger partial charge in [0.1, 0.15) is 18.2 Å². The van der Waals surface area contributed by atoms with Crippen LogP contribution in [-0.4, -0.2) is 11.5 Å². The van der Waals surface area contributed by atoms with Gasteiger partial charge < -0.3 is 10.1 Å². The van der Waals surface area contributed by atoms with Crippen molar-refractivity contribution in [3.63, 3.8) is 0 Å². The van der Waals surface area contributed by atoms with Crippen LogP contribution in [0.25, 0.3) is 0 Å². The van der Waals surface area contributed by atoms with Crippen LogP contribution in [0, 0.1) is 19.7 Å². The maximum atomic E-state index is 14.0. The van der Waals surface area contributed by atoms with E-state index < -0.39 is 5.82 Å². The lowest BCUT2D eigenvalue weighted by Gasteiger charge is -2.14. The summed E-state index contributed by atoms with van der Waals surface area (Å²) >= 11 is 1.04. The van der Waals surface area contributed by atoms with Crippen molar-refractivity contribution in [2.75, 3.05) is 11.6 Å². The lowest BCUT2D eigenvalue weighted by atomic mass is 10.1. The summed E-state index contributed by atoms with van der Waals surface area (Å²) in [6.07, 6.45) is 1.67. The summed E-state index contributed by atoms with van der Waals surface area (Å²) in [4.78, 5) is 11.5. The van der Waals surface area contributed by atoms with E-state index >= 15 is 0 Å². The summed E-state index contributed by atoms with van der Waals surface area (Å²) in [6.45, 7) is 4.00. The molecular formula is C17H18FNO2S. The average molecular weight is 319 g/mol. The van der Waals surface area contributed by atoms with Gasteiger partial charge in [-0.05, 0) is 43.9 Å². The third-order valence-corrected chi connectivity index (χ3v) is 3.72. The van der Waals surface area contributed by atoms with Crippen LogP contribution in [0.1, 0.15) is 16.7 Å². The van der Waals surface area contributed by atoms with E-state index in [0.29, 0.717) is 17.0 Å². The molecule has 0 fully saturated rings. The molecule has 0 aliphatic carbocycles. The smallest absolute Gasteiger partial charge is 0.283 e. The van der Waals surface area contributed by atoms with Crippen molar-refractivity contribution in [3.8, 4) is 5.75 Å². The van der Waals surface area contributed by atoms with Crippen molar-refractivity contribution in [2.24, 2.45) is 0 Å². The summed E-state index contributed by atoms with van der Waals surface area (Å²) in [5.41, 5.74) is 2.91. The van der Waals surface area contributed by atoms with Crippen molar-refractivity contribution >= 4 is 22.7 Å². The predicted octanol–water partition coefficient (Wildman–Crippen LogP) is 4.92. The number of carbonyl (C=O) groups excluding carboxylic acids is 1. The molecule has 0 spiro atoms. The molecule has 0 aliphatic heterocycles. The largest absolute Gasteiger partial charge is 0.488 e. The van der Waals surface area contributed by atoms with Crippen molar-refractivity contribution in [1.82, 2.24) is 0 Å². The molecule has 1 N–H and O–H groups in total. The number of carbonyl (C=O) groups is 1. The van der Waals surface area contributed by atoms with E-state index in [1.807, 2.05) is 32.0 Å². The summed E-state index contributed by atoms with van der Waals surface area (Å²) in [6, 6.07) is 10.4. The Labute approximate surface area is 133 Å². The molecule has 116 valence electrons. The molecule has 0 atom stereocenters. The van der Waals surface area contributed by atoms with Gasteiger partial charge in [-0.15, -0.1) is 0 Å². The molecule has 0 bridgehead atoms. The number of hydrogen-bond acceptors (Lipinski definition) is 3. The fourth-order valence-corrected chi connectivity index (χ4v) is 2.31. The Morgan fingerprint density at radius 1 is 1.27 bits per heavy atom. The van der Waals surface area contributed by atoms with Crippen LogP contribution >= 0.6 is 11.8 Å². The van der Waals surface area contributed by atoms with Gasteiger partial charge in [0, 0.05) is 5.56 Å². The molecule has 0 aromatic heterocycles. The number of thioether (sulfide) groups is 1. The van der Waals surface area contributed by atoms with Crippen LogP contribution < -0.4 is 10.1 Å². The second kappa shape index (κ2) is 7.31. The summed E-state index contributed by atoms with van der Waals surface area (Å²) in [5, 5.41) is 2.43. The molecule has 5 heteroatoms. The standard InChI is InChI=1S/C17H18FNO2S/c1-11-7-8-16(12(2)9-11)21-10-13-14(18)5-4-6-15(13)19-17(20)22-3/h4-9H,10H2,1-3H3,(H,19,20). The SMILES string of the molecule is CSC(=O)Nc1cccc(F)c1COc1ccc(C)cc1C. The van der Waals surface area contributed by atoms with Crippen molar-refractivity contribution in [3.05, 3.63) is 58.9 Å². The first kappa shape index (κ1) is 16.4. The molecule has 0 unspecified atom stereocenters. The fraction of sp³-hybridized carbons (Fsp3) is 0.235. The highest BCUT2D eigenvalue weighted by molar-refractivity contribution is 8.13. The van der Waals surface area contributed by atoms with Crippen LogP contribution in [0.5, 0.6) is 5.75 Å².